The second-order valence-electron chi connectivity index (χ2n) is 7.32. The monoisotopic (exact) mass is 345 g/mol. The van der Waals surface area contributed by atoms with Gasteiger partial charge in [-0.05, 0) is 42.5 Å². The number of ether oxygens (including phenoxy) is 2. The Bertz CT molecular complexity index is 678. The van der Waals surface area contributed by atoms with Crippen LogP contribution in [0, 0.1) is 0 Å². The number of amides is 1. The predicted molar refractivity (Wildman–Crippen MR) is 94.9 cm³/mol. The van der Waals surface area contributed by atoms with Gasteiger partial charge >= 0.3 is 0 Å². The van der Waals surface area contributed by atoms with Gasteiger partial charge in [0.2, 0.25) is 5.91 Å². The molecule has 6 heteroatoms. The molecule has 0 aliphatic carbocycles. The lowest BCUT2D eigenvalue weighted by Crippen LogP contribution is -2.60. The lowest BCUT2D eigenvalue weighted by Gasteiger charge is -2.48. The molecule has 0 radical (unpaired) electrons. The number of hydrogen-bond acceptors (Lipinski definition) is 5. The molecule has 3 aliphatic rings. The molecule has 0 unspecified atom stereocenters. The molecule has 1 amide bonds. The fraction of sp³-hybridized carbons (Fsp3) is 0.632. The second-order valence-corrected chi connectivity index (χ2v) is 7.32. The molecule has 2 fully saturated rings. The Balaban J connectivity index is 1.61. The first-order valence-electron chi connectivity index (χ1n) is 9.16. The van der Waals surface area contributed by atoms with Crippen LogP contribution in [-0.2, 0) is 11.2 Å². The van der Waals surface area contributed by atoms with Crippen LogP contribution in [0.1, 0.15) is 36.4 Å². The van der Waals surface area contributed by atoms with E-state index < -0.39 is 0 Å². The van der Waals surface area contributed by atoms with Gasteiger partial charge in [0.1, 0.15) is 0 Å². The van der Waals surface area contributed by atoms with Gasteiger partial charge in [0, 0.05) is 38.1 Å². The summed E-state index contributed by atoms with van der Waals surface area (Å²) in [5.41, 5.74) is 9.15. The Morgan fingerprint density at radius 2 is 1.88 bits per heavy atom. The molecular weight excluding hydrogens is 318 g/mol. The molecule has 2 N–H and O–H groups in total. The Hall–Kier alpha value is -1.79. The molecule has 0 saturated carbocycles. The first-order chi connectivity index (χ1) is 12.1. The summed E-state index contributed by atoms with van der Waals surface area (Å²) >= 11 is 0. The molecule has 3 aliphatic heterocycles. The SMILES string of the molecule is COc1cc2c(cc1OC)[C@@H]1C[C@H](N)[C@@H](N3CCCC3=O)CN1CC2. The summed E-state index contributed by atoms with van der Waals surface area (Å²) in [6.07, 6.45) is 3.50. The fourth-order valence-corrected chi connectivity index (χ4v) is 4.71. The van der Waals surface area contributed by atoms with Gasteiger partial charge in [0.15, 0.2) is 11.5 Å². The summed E-state index contributed by atoms with van der Waals surface area (Å²) in [7, 11) is 3.35. The number of fused-ring (bicyclic) bond motifs is 3. The molecule has 3 atom stereocenters. The van der Waals surface area contributed by atoms with E-state index in [9.17, 15) is 4.79 Å². The van der Waals surface area contributed by atoms with Gasteiger partial charge in [-0.25, -0.2) is 0 Å². The van der Waals surface area contributed by atoms with E-state index in [4.69, 9.17) is 15.2 Å². The van der Waals surface area contributed by atoms with Gasteiger partial charge in [0.25, 0.3) is 0 Å². The smallest absolute Gasteiger partial charge is 0.222 e. The summed E-state index contributed by atoms with van der Waals surface area (Å²) in [5.74, 6) is 1.83. The second kappa shape index (κ2) is 6.50. The largest absolute Gasteiger partial charge is 0.493 e. The number of likely N-dealkylation sites (tertiary alicyclic amines) is 1. The van der Waals surface area contributed by atoms with Crippen LogP contribution in [0.2, 0.25) is 0 Å². The number of carbonyl (C=O) groups is 1. The number of nitrogens with zero attached hydrogens (tertiary/aromatic N) is 2. The Labute approximate surface area is 148 Å². The highest BCUT2D eigenvalue weighted by molar-refractivity contribution is 5.78. The summed E-state index contributed by atoms with van der Waals surface area (Å²) < 4.78 is 10.9. The van der Waals surface area contributed by atoms with E-state index in [0.717, 1.165) is 50.4 Å². The van der Waals surface area contributed by atoms with E-state index in [1.165, 1.54) is 11.1 Å². The fourth-order valence-electron chi connectivity index (χ4n) is 4.71. The van der Waals surface area contributed by atoms with E-state index >= 15 is 0 Å². The van der Waals surface area contributed by atoms with Gasteiger partial charge in [-0.2, -0.15) is 0 Å². The van der Waals surface area contributed by atoms with E-state index in [-0.39, 0.29) is 18.0 Å². The summed E-state index contributed by atoms with van der Waals surface area (Å²) in [5, 5.41) is 0. The average Bonchev–Trinajstić information content (AvgIpc) is 3.05. The number of nitrogens with two attached hydrogens (primary N) is 1. The molecule has 2 saturated heterocycles. The van der Waals surface area contributed by atoms with Crippen molar-refractivity contribution in [3.05, 3.63) is 23.3 Å². The minimum atomic E-state index is 0.0161. The molecule has 3 heterocycles. The van der Waals surface area contributed by atoms with Gasteiger partial charge < -0.3 is 20.1 Å². The standard InChI is InChI=1S/C19H27N3O3/c1-24-17-8-12-5-7-21-11-16(22-6-3-4-19(22)23)14(20)10-15(21)13(12)9-18(17)25-2/h8-9,14-16H,3-7,10-11,20H2,1-2H3/t14-,15-,16-/m0/s1. The highest BCUT2D eigenvalue weighted by atomic mass is 16.5. The van der Waals surface area contributed by atoms with E-state index in [2.05, 4.69) is 17.0 Å². The van der Waals surface area contributed by atoms with Crippen LogP contribution in [0.4, 0.5) is 0 Å². The highest BCUT2D eigenvalue weighted by Gasteiger charge is 2.42. The van der Waals surface area contributed by atoms with Crippen molar-refractivity contribution < 1.29 is 14.3 Å². The van der Waals surface area contributed by atoms with Crippen LogP contribution >= 0.6 is 0 Å². The minimum absolute atomic E-state index is 0.0161. The van der Waals surface area contributed by atoms with Crippen molar-refractivity contribution in [1.29, 1.82) is 0 Å². The van der Waals surface area contributed by atoms with Crippen LogP contribution in [0.3, 0.4) is 0 Å². The zero-order valence-corrected chi connectivity index (χ0v) is 15.0. The molecule has 1 aromatic rings. The van der Waals surface area contributed by atoms with Crippen LogP contribution in [0.25, 0.3) is 0 Å². The van der Waals surface area contributed by atoms with Crippen molar-refractivity contribution in [2.75, 3.05) is 33.9 Å². The van der Waals surface area contributed by atoms with E-state index in [1.807, 2.05) is 4.90 Å². The third kappa shape index (κ3) is 2.77. The third-order valence-corrected chi connectivity index (χ3v) is 6.04. The zero-order chi connectivity index (χ0) is 17.6. The number of hydrogen-bond donors (Lipinski definition) is 1. The maximum absolute atomic E-state index is 12.2. The van der Waals surface area contributed by atoms with Crippen molar-refractivity contribution in [2.45, 2.75) is 43.8 Å². The number of rotatable bonds is 3. The average molecular weight is 345 g/mol. The molecule has 0 aromatic heterocycles. The number of piperidine rings is 1. The number of benzene rings is 1. The van der Waals surface area contributed by atoms with Crippen LogP contribution in [0.5, 0.6) is 11.5 Å². The van der Waals surface area contributed by atoms with Crippen molar-refractivity contribution >= 4 is 5.91 Å². The molecule has 1 aromatic carbocycles. The molecule has 0 bridgehead atoms. The maximum Gasteiger partial charge on any atom is 0.222 e. The molecule has 0 spiro atoms. The van der Waals surface area contributed by atoms with E-state index in [0.29, 0.717) is 12.5 Å². The minimum Gasteiger partial charge on any atom is -0.493 e. The Morgan fingerprint density at radius 1 is 1.12 bits per heavy atom. The lowest BCUT2D eigenvalue weighted by atomic mass is 9.83. The maximum atomic E-state index is 12.2. The molecular formula is C19H27N3O3. The topological polar surface area (TPSA) is 68.0 Å². The lowest BCUT2D eigenvalue weighted by molar-refractivity contribution is -0.131. The molecule has 6 nitrogen and oxygen atoms in total. The van der Waals surface area contributed by atoms with Gasteiger partial charge in [-0.15, -0.1) is 0 Å². The summed E-state index contributed by atoms with van der Waals surface area (Å²) in [4.78, 5) is 16.7. The van der Waals surface area contributed by atoms with Crippen LogP contribution < -0.4 is 15.2 Å². The third-order valence-electron chi connectivity index (χ3n) is 6.04. The number of methoxy groups -OCH3 is 2. The highest BCUT2D eigenvalue weighted by Crippen LogP contribution is 2.42. The van der Waals surface area contributed by atoms with Gasteiger partial charge in [-0.1, -0.05) is 0 Å². The quantitative estimate of drug-likeness (QED) is 0.895. The van der Waals surface area contributed by atoms with Crippen molar-refractivity contribution in [2.24, 2.45) is 5.73 Å². The number of carbonyl (C=O) groups excluding carboxylic acids is 1. The summed E-state index contributed by atoms with van der Waals surface area (Å²) in [6.45, 7) is 2.72. The molecule has 4 rings (SSSR count). The van der Waals surface area contributed by atoms with Gasteiger partial charge in [-0.3, -0.25) is 9.69 Å². The first kappa shape index (κ1) is 16.7. The summed E-state index contributed by atoms with van der Waals surface area (Å²) in [6, 6.07) is 4.68. The van der Waals surface area contributed by atoms with Crippen LogP contribution in [-0.4, -0.2) is 61.6 Å². The van der Waals surface area contributed by atoms with Crippen molar-refractivity contribution in [3.63, 3.8) is 0 Å². The Morgan fingerprint density at radius 3 is 2.56 bits per heavy atom. The zero-order valence-electron chi connectivity index (χ0n) is 15.0. The normalized spacial score (nSPS) is 29.3. The van der Waals surface area contributed by atoms with Crippen LogP contribution in [0.15, 0.2) is 12.1 Å². The van der Waals surface area contributed by atoms with Crippen molar-refractivity contribution in [1.82, 2.24) is 9.80 Å². The van der Waals surface area contributed by atoms with Crippen molar-refractivity contribution in [3.8, 4) is 11.5 Å². The van der Waals surface area contributed by atoms with Gasteiger partial charge in [0.05, 0.1) is 20.3 Å². The predicted octanol–water partition coefficient (Wildman–Crippen LogP) is 1.33. The molecule has 25 heavy (non-hydrogen) atoms. The van der Waals surface area contributed by atoms with E-state index in [1.54, 1.807) is 14.2 Å². The molecule has 136 valence electrons. The first-order valence-corrected chi connectivity index (χ1v) is 9.16. The Kier molecular flexibility index (Phi) is 4.33.